The molecule has 0 spiro atoms. The topological polar surface area (TPSA) is 346 Å². The van der Waals surface area contributed by atoms with Crippen molar-refractivity contribution in [3.05, 3.63) is 247 Å². The van der Waals surface area contributed by atoms with E-state index in [4.69, 9.17) is 42.6 Å². The van der Waals surface area contributed by atoms with Crippen molar-refractivity contribution in [2.45, 2.75) is 63.2 Å². The van der Waals surface area contributed by atoms with Crippen LogP contribution in [0.2, 0.25) is 0 Å². The highest BCUT2D eigenvalue weighted by Gasteiger charge is 2.34. The average Bonchev–Trinajstić information content (AvgIpc) is 1.58. The maximum Gasteiger partial charge on any atom is 0.297 e. The molecule has 0 aliphatic carbocycles. The number of para-hydroxylation sites is 4. The molecule has 8 aromatic carbocycles. The Bertz CT molecular complexity index is 6080. The average molecular weight is 1480 g/mol. The predicted octanol–water partition coefficient (Wildman–Crippen LogP) is 15.6. The molecule has 0 aliphatic rings. The third-order valence-corrected chi connectivity index (χ3v) is 20.9. The number of phenols is 1. The molecule has 0 unspecified atom stereocenters. The molecule has 28 heteroatoms. The zero-order valence-electron chi connectivity index (χ0n) is 58.8. The maximum absolute atomic E-state index is 12.6. The van der Waals surface area contributed by atoms with Gasteiger partial charge in [-0.15, -0.1) is 0 Å². The number of primary sulfonamides is 2. The number of fused-ring (bicyclic) bond motifs is 4. The zero-order valence-corrected chi connectivity index (χ0v) is 61.2. The van der Waals surface area contributed by atoms with Crippen LogP contribution in [0.1, 0.15) is 40.1 Å². The summed E-state index contributed by atoms with van der Waals surface area (Å²) in [5, 5.41) is 39.4. The van der Waals surface area contributed by atoms with Crippen LogP contribution in [-0.2, 0) is 30.2 Å². The van der Waals surface area contributed by atoms with Crippen molar-refractivity contribution in [1.82, 2.24) is 38.9 Å². The van der Waals surface area contributed by atoms with Gasteiger partial charge >= 0.3 is 0 Å². The molecule has 25 nitrogen and oxygen atoms in total. The Morgan fingerprint density at radius 1 is 0.387 bits per heavy atom. The SMILES string of the molecule is COc1ccc(-n2c(-c3c(C)noc3C)c(S(=O)(=O)O)c3ccccc32)cc1.COc1ccc(-n2c(-c3c(C)noc3C)c(S(N)(=O)=O)c3ccccc32)cc1.COc1ccc(-n2c(-c3cnoc3C)cc3ccccc32)cc1.Cc1noc(C)c1-c1c(S(N)(=O)=O)c2ccccc2n1-c1ccc(O)cc1. The predicted molar refractivity (Wildman–Crippen MR) is 402 cm³/mol. The van der Waals surface area contributed by atoms with Gasteiger partial charge < -0.3 is 55.7 Å². The Kier molecular flexibility index (Phi) is 19.5. The summed E-state index contributed by atoms with van der Waals surface area (Å²) in [6.45, 7) is 12.4. The Labute approximate surface area is 608 Å². The first-order valence-electron chi connectivity index (χ1n) is 32.7. The van der Waals surface area contributed by atoms with E-state index in [2.05, 4.69) is 55.5 Å². The number of nitrogens with two attached hydrogens (primary N) is 2. The van der Waals surface area contributed by atoms with Crippen LogP contribution < -0.4 is 24.5 Å². The van der Waals surface area contributed by atoms with Crippen molar-refractivity contribution in [1.29, 1.82) is 0 Å². The lowest BCUT2D eigenvalue weighted by Gasteiger charge is -2.12. The van der Waals surface area contributed by atoms with Crippen molar-refractivity contribution < 1.29 is 67.2 Å². The summed E-state index contributed by atoms with van der Waals surface area (Å²) in [7, 11) is -7.78. The minimum absolute atomic E-state index is 0.0144. The summed E-state index contributed by atoms with van der Waals surface area (Å²) >= 11 is 0. The van der Waals surface area contributed by atoms with Gasteiger partial charge in [-0.05, 0) is 176 Å². The number of methoxy groups -OCH3 is 3. The Balaban J connectivity index is 0.000000125. The number of phenolic OH excluding ortho intramolecular Hbond substituents is 1. The standard InChI is InChI=1S/C20H19N3O4S.C20H18N2O5S.C19H17N3O4S.C19H16N2O2/c1-12-18(13(2)27-22-12)19-20(28(21,24)25)16-6-4-5-7-17(16)23(19)14-8-10-15(26-3)11-9-14;1-12-18(13(2)27-21-12)19-20(28(23,24)25)16-6-4-5-7-17(16)22(19)14-8-10-15(26-3)11-9-14;1-11-17(12(2)26-21-11)18-19(27(20,24)25)15-5-3-4-6-16(15)22(18)13-7-9-14(23)10-8-13;1-13-17(12-20-23-13)19-11-14-5-3-4-6-18(14)21(19)15-7-9-16(22-2)10-8-15/h4-11H,1-3H3,(H2,21,24,25);4-11H,1-3H3,(H,23,24,25);3-10,23H,1-2H3,(H2,20,24,25);3-12H,1-2H3. The Hall–Kier alpha value is -12.3. The van der Waals surface area contributed by atoms with Gasteiger partial charge in [0.2, 0.25) is 20.0 Å². The van der Waals surface area contributed by atoms with E-state index in [-0.39, 0.29) is 20.4 Å². The Morgan fingerprint density at radius 2 is 0.708 bits per heavy atom. The number of aromatic nitrogens is 8. The number of rotatable bonds is 14. The van der Waals surface area contributed by atoms with Crippen LogP contribution in [0.5, 0.6) is 23.0 Å². The normalized spacial score (nSPS) is 11.7. The van der Waals surface area contributed by atoms with Crippen LogP contribution in [0.3, 0.4) is 0 Å². The van der Waals surface area contributed by atoms with Gasteiger partial charge in [-0.25, -0.2) is 27.1 Å². The number of aromatic hydroxyl groups is 1. The highest BCUT2D eigenvalue weighted by atomic mass is 32.2. The van der Waals surface area contributed by atoms with Crippen LogP contribution in [0.25, 0.3) is 111 Å². The van der Waals surface area contributed by atoms with E-state index < -0.39 is 30.2 Å². The van der Waals surface area contributed by atoms with E-state index in [1.54, 1.807) is 145 Å². The van der Waals surface area contributed by atoms with Crippen molar-refractivity contribution in [3.8, 4) is 90.8 Å². The molecule has 8 heterocycles. The monoisotopic (exact) mass is 1480 g/mol. The van der Waals surface area contributed by atoms with Crippen LogP contribution in [0.15, 0.2) is 239 Å². The third-order valence-electron chi connectivity index (χ3n) is 18.0. The number of hydrogen-bond acceptors (Lipinski definition) is 18. The highest BCUT2D eigenvalue weighted by Crippen LogP contribution is 2.46. The van der Waals surface area contributed by atoms with Gasteiger partial charge in [-0.1, -0.05) is 93.4 Å². The maximum atomic E-state index is 12.6. The lowest BCUT2D eigenvalue weighted by atomic mass is 10.1. The molecule has 540 valence electrons. The molecular formula is C78H70N10O15S3. The molecule has 16 aromatic rings. The number of ether oxygens (including phenoxy) is 3. The second kappa shape index (κ2) is 28.7. The van der Waals surface area contributed by atoms with E-state index in [0.717, 1.165) is 39.7 Å². The second-order valence-corrected chi connectivity index (χ2v) is 28.9. The molecule has 0 bridgehead atoms. The summed E-state index contributed by atoms with van der Waals surface area (Å²) in [6.07, 6.45) is 1.77. The van der Waals surface area contributed by atoms with E-state index in [9.17, 15) is 34.9 Å². The summed E-state index contributed by atoms with van der Waals surface area (Å²) in [6, 6.07) is 61.0. The smallest absolute Gasteiger partial charge is 0.297 e. The molecule has 0 fully saturated rings. The van der Waals surface area contributed by atoms with Crippen molar-refractivity contribution in [2.75, 3.05) is 21.3 Å². The molecule has 106 heavy (non-hydrogen) atoms. The molecule has 16 rings (SSSR count). The van der Waals surface area contributed by atoms with E-state index >= 15 is 0 Å². The number of benzene rings is 8. The zero-order chi connectivity index (χ0) is 75.3. The minimum Gasteiger partial charge on any atom is -0.508 e. The van der Waals surface area contributed by atoms with Crippen LogP contribution in [0.4, 0.5) is 0 Å². The molecule has 6 N–H and O–H groups in total. The quantitative estimate of drug-likeness (QED) is 0.0735. The van der Waals surface area contributed by atoms with Crippen LogP contribution >= 0.6 is 0 Å². The third kappa shape index (κ3) is 13.5. The number of nitrogens with zero attached hydrogens (tertiary/aromatic N) is 8. The fourth-order valence-electron chi connectivity index (χ4n) is 13.4. The number of sulfonamides is 2. The van der Waals surface area contributed by atoms with Gasteiger partial charge in [0.15, 0.2) is 0 Å². The fraction of sp³-hybridized carbons (Fsp3) is 0.128. The van der Waals surface area contributed by atoms with Gasteiger partial charge in [0.25, 0.3) is 10.1 Å². The first-order chi connectivity index (χ1) is 50.7. The highest BCUT2D eigenvalue weighted by molar-refractivity contribution is 7.89. The van der Waals surface area contributed by atoms with Crippen molar-refractivity contribution in [2.24, 2.45) is 10.3 Å². The molecule has 8 aromatic heterocycles. The summed E-state index contributed by atoms with van der Waals surface area (Å²) in [5.41, 5.74) is 13.0. The number of hydrogen-bond donors (Lipinski definition) is 4. The van der Waals surface area contributed by atoms with Gasteiger partial charge in [-0.3, -0.25) is 4.55 Å². The van der Waals surface area contributed by atoms with Crippen molar-refractivity contribution >= 4 is 73.8 Å². The largest absolute Gasteiger partial charge is 0.508 e. The van der Waals surface area contributed by atoms with Crippen molar-refractivity contribution in [3.63, 3.8) is 0 Å². The van der Waals surface area contributed by atoms with Gasteiger partial charge in [0.05, 0.1) is 112 Å². The lowest BCUT2D eigenvalue weighted by Crippen LogP contribution is -2.14. The van der Waals surface area contributed by atoms with Crippen LogP contribution in [-0.4, -0.2) is 95.1 Å². The van der Waals surface area contributed by atoms with E-state index in [0.29, 0.717) is 124 Å². The summed E-state index contributed by atoms with van der Waals surface area (Å²) in [4.78, 5) is -0.109. The molecular weight excluding hydrogens is 1410 g/mol. The van der Waals surface area contributed by atoms with E-state index in [1.807, 2.05) is 102 Å². The first-order valence-corrected chi connectivity index (χ1v) is 37.2. The van der Waals surface area contributed by atoms with E-state index in [1.165, 1.54) is 17.5 Å². The summed E-state index contributed by atoms with van der Waals surface area (Å²) < 4.78 is 130. The van der Waals surface area contributed by atoms with Gasteiger partial charge in [0.1, 0.15) is 60.7 Å². The molecule has 0 radical (unpaired) electrons. The number of aryl methyl sites for hydroxylation is 7. The molecule has 0 atom stereocenters. The second-order valence-electron chi connectivity index (χ2n) is 24.6. The lowest BCUT2D eigenvalue weighted by molar-refractivity contribution is 0.393. The molecule has 0 aliphatic heterocycles. The Morgan fingerprint density at radius 3 is 1.03 bits per heavy atom. The minimum atomic E-state index is -4.53. The summed E-state index contributed by atoms with van der Waals surface area (Å²) in [5.74, 6) is 4.59. The molecule has 0 saturated heterocycles. The first kappa shape index (κ1) is 72.1. The van der Waals surface area contributed by atoms with Crippen LogP contribution in [0, 0.1) is 48.5 Å². The van der Waals surface area contributed by atoms with Gasteiger partial charge in [-0.2, -0.15) is 8.42 Å². The molecule has 0 saturated carbocycles. The molecule has 0 amide bonds. The van der Waals surface area contributed by atoms with Gasteiger partial charge in [0, 0.05) is 44.3 Å². The fourth-order valence-corrected chi connectivity index (χ4v) is 16.2.